The second-order valence-electron chi connectivity index (χ2n) is 4.90. The van der Waals surface area contributed by atoms with Crippen LogP contribution in [0.25, 0.3) is 0 Å². The minimum atomic E-state index is 0.747. The van der Waals surface area contributed by atoms with E-state index in [1.165, 1.54) is 49.0 Å². The smallest absolute Gasteiger partial charge is 0.00856 e. The van der Waals surface area contributed by atoms with E-state index in [0.29, 0.717) is 0 Å². The Labute approximate surface area is 111 Å². The molecule has 0 saturated carbocycles. The van der Waals surface area contributed by atoms with E-state index in [4.69, 9.17) is 0 Å². The number of hydrogen-bond acceptors (Lipinski definition) is 1. The number of hydrogen-bond donors (Lipinski definition) is 0. The van der Waals surface area contributed by atoms with Crippen LogP contribution in [-0.4, -0.2) is 0 Å². The zero-order valence-corrected chi connectivity index (χ0v) is 12.2. The first kappa shape index (κ1) is 14.5. The number of unbranched alkanes of at least 4 members (excludes halogenated alkanes) is 2. The second kappa shape index (κ2) is 8.52. The summed E-state index contributed by atoms with van der Waals surface area (Å²) in [4.78, 5) is 1.47. The molecule has 0 bridgehead atoms. The summed E-state index contributed by atoms with van der Waals surface area (Å²) in [5, 5.41) is 2.16. The van der Waals surface area contributed by atoms with Crippen LogP contribution in [-0.2, 0) is 6.42 Å². The normalized spacial score (nSPS) is 11.0. The van der Waals surface area contributed by atoms with Crippen molar-refractivity contribution >= 4 is 11.3 Å². The van der Waals surface area contributed by atoms with E-state index in [9.17, 15) is 0 Å². The van der Waals surface area contributed by atoms with Crippen molar-refractivity contribution in [2.45, 2.75) is 58.8 Å². The Bertz CT molecular complexity index is 289. The van der Waals surface area contributed by atoms with Gasteiger partial charge in [-0.1, -0.05) is 57.7 Å². The van der Waals surface area contributed by atoms with Gasteiger partial charge in [-0.3, -0.25) is 0 Å². The van der Waals surface area contributed by atoms with Gasteiger partial charge in [-0.15, -0.1) is 11.3 Å². The predicted octanol–water partition coefficient (Wildman–Crippen LogP) is 5.84. The third-order valence-electron chi connectivity index (χ3n) is 3.37. The first-order valence-corrected chi connectivity index (χ1v) is 7.85. The zero-order valence-electron chi connectivity index (χ0n) is 11.4. The zero-order chi connectivity index (χ0) is 12.5. The number of rotatable bonds is 9. The maximum absolute atomic E-state index is 4.34. The fraction of sp³-hybridized carbons (Fsp3) is 0.625. The van der Waals surface area contributed by atoms with Crippen molar-refractivity contribution in [1.82, 2.24) is 0 Å². The summed E-state index contributed by atoms with van der Waals surface area (Å²) in [5.41, 5.74) is 1.45. The maximum atomic E-state index is 4.34. The van der Waals surface area contributed by atoms with Gasteiger partial charge < -0.3 is 0 Å². The summed E-state index contributed by atoms with van der Waals surface area (Å²) in [6.45, 7) is 8.90. The summed E-state index contributed by atoms with van der Waals surface area (Å²) in [5.74, 6) is 0.747. The molecule has 0 atom stereocenters. The minimum absolute atomic E-state index is 0.747. The van der Waals surface area contributed by atoms with Crippen molar-refractivity contribution < 1.29 is 0 Å². The molecule has 0 N–H and O–H groups in total. The highest BCUT2D eigenvalue weighted by molar-refractivity contribution is 7.09. The lowest BCUT2D eigenvalue weighted by molar-refractivity contribution is 0.470. The molecule has 1 heteroatoms. The van der Waals surface area contributed by atoms with Gasteiger partial charge in [0.25, 0.3) is 0 Å². The van der Waals surface area contributed by atoms with Crippen LogP contribution in [0.1, 0.15) is 57.2 Å². The quantitative estimate of drug-likeness (QED) is 0.483. The Morgan fingerprint density at radius 1 is 1.24 bits per heavy atom. The van der Waals surface area contributed by atoms with Crippen LogP contribution in [0.2, 0.25) is 0 Å². The molecule has 96 valence electrons. The molecule has 0 saturated heterocycles. The molecular weight excluding hydrogens is 224 g/mol. The maximum Gasteiger partial charge on any atom is 0.00856 e. The van der Waals surface area contributed by atoms with E-state index in [1.807, 2.05) is 11.3 Å². The van der Waals surface area contributed by atoms with Crippen molar-refractivity contribution in [1.29, 1.82) is 0 Å². The van der Waals surface area contributed by atoms with Gasteiger partial charge in [-0.2, -0.15) is 0 Å². The Kier molecular flexibility index (Phi) is 7.27. The van der Waals surface area contributed by atoms with Gasteiger partial charge in [-0.25, -0.2) is 0 Å². The molecule has 0 unspecified atom stereocenters. The van der Waals surface area contributed by atoms with Gasteiger partial charge in [-0.05, 0) is 30.2 Å². The molecule has 17 heavy (non-hydrogen) atoms. The topological polar surface area (TPSA) is 0 Å². The summed E-state index contributed by atoms with van der Waals surface area (Å²) in [6, 6.07) is 4.37. The minimum Gasteiger partial charge on any atom is -0.149 e. The molecule has 0 aliphatic carbocycles. The molecule has 0 aromatic carbocycles. The van der Waals surface area contributed by atoms with Crippen molar-refractivity contribution in [2.75, 3.05) is 0 Å². The number of thiophene rings is 1. The highest BCUT2D eigenvalue weighted by Gasteiger charge is 2.12. The lowest BCUT2D eigenvalue weighted by atomic mass is 9.88. The molecule has 0 aliphatic heterocycles. The molecular formula is C16H26S. The highest BCUT2D eigenvalue weighted by Crippen LogP contribution is 2.27. The molecule has 1 rings (SSSR count). The average molecular weight is 250 g/mol. The van der Waals surface area contributed by atoms with Crippen LogP contribution in [0.4, 0.5) is 0 Å². The first-order chi connectivity index (χ1) is 8.27. The van der Waals surface area contributed by atoms with Crippen molar-refractivity contribution in [3.05, 3.63) is 34.5 Å². The van der Waals surface area contributed by atoms with Crippen LogP contribution < -0.4 is 0 Å². The van der Waals surface area contributed by atoms with E-state index < -0.39 is 0 Å². The molecule has 1 aromatic heterocycles. The fourth-order valence-corrected chi connectivity index (χ4v) is 2.99. The Morgan fingerprint density at radius 2 is 1.88 bits per heavy atom. The molecule has 1 heterocycles. The third kappa shape index (κ3) is 5.54. The first-order valence-electron chi connectivity index (χ1n) is 6.98. The Morgan fingerprint density at radius 3 is 2.35 bits per heavy atom. The summed E-state index contributed by atoms with van der Waals surface area (Å²) in [7, 11) is 0. The van der Waals surface area contributed by atoms with E-state index in [0.717, 1.165) is 12.3 Å². The van der Waals surface area contributed by atoms with Crippen LogP contribution in [0.15, 0.2) is 29.7 Å². The van der Waals surface area contributed by atoms with E-state index >= 15 is 0 Å². The van der Waals surface area contributed by atoms with Crippen LogP contribution in [0.3, 0.4) is 0 Å². The van der Waals surface area contributed by atoms with Crippen LogP contribution in [0.5, 0.6) is 0 Å². The standard InChI is InChI=1S/C16H26S/c1-4-6-9-15(10-7-5-2)14(3)13-16-11-8-12-17-16/h8,11-12,15H,3-7,9-10,13H2,1-2H3. The molecule has 0 spiro atoms. The van der Waals surface area contributed by atoms with Crippen LogP contribution in [0, 0.1) is 5.92 Å². The van der Waals surface area contributed by atoms with Gasteiger partial charge in [0.15, 0.2) is 0 Å². The second-order valence-corrected chi connectivity index (χ2v) is 5.93. The highest BCUT2D eigenvalue weighted by atomic mass is 32.1. The van der Waals surface area contributed by atoms with Gasteiger partial charge in [0.05, 0.1) is 0 Å². The molecule has 0 amide bonds. The SMILES string of the molecule is C=C(Cc1cccs1)C(CCCC)CCCC. The van der Waals surface area contributed by atoms with Crippen molar-refractivity contribution in [3.63, 3.8) is 0 Å². The fourth-order valence-electron chi connectivity index (χ4n) is 2.23. The summed E-state index contributed by atoms with van der Waals surface area (Å²) in [6.07, 6.45) is 9.05. The lowest BCUT2D eigenvalue weighted by Crippen LogP contribution is -2.06. The van der Waals surface area contributed by atoms with E-state index in [1.54, 1.807) is 0 Å². The largest absolute Gasteiger partial charge is 0.149 e. The van der Waals surface area contributed by atoms with Crippen molar-refractivity contribution in [3.8, 4) is 0 Å². The number of allylic oxidation sites excluding steroid dienone is 1. The monoisotopic (exact) mass is 250 g/mol. The Hall–Kier alpha value is -0.560. The summed E-state index contributed by atoms with van der Waals surface area (Å²) < 4.78 is 0. The summed E-state index contributed by atoms with van der Waals surface area (Å²) >= 11 is 1.86. The molecule has 1 aromatic rings. The average Bonchev–Trinajstić information content (AvgIpc) is 2.82. The third-order valence-corrected chi connectivity index (χ3v) is 4.25. The van der Waals surface area contributed by atoms with Gasteiger partial charge in [0, 0.05) is 11.3 Å². The van der Waals surface area contributed by atoms with Crippen molar-refractivity contribution in [2.24, 2.45) is 5.92 Å². The van der Waals surface area contributed by atoms with Gasteiger partial charge in [0.1, 0.15) is 0 Å². The van der Waals surface area contributed by atoms with Crippen LogP contribution >= 0.6 is 11.3 Å². The lowest BCUT2D eigenvalue weighted by Gasteiger charge is -2.19. The Balaban J connectivity index is 2.46. The molecule has 0 radical (unpaired) electrons. The predicted molar refractivity (Wildman–Crippen MR) is 79.7 cm³/mol. The van der Waals surface area contributed by atoms with E-state index in [2.05, 4.69) is 37.9 Å². The molecule has 0 nitrogen and oxygen atoms in total. The molecule has 0 fully saturated rings. The van der Waals surface area contributed by atoms with Gasteiger partial charge >= 0.3 is 0 Å². The molecule has 0 aliphatic rings. The van der Waals surface area contributed by atoms with Gasteiger partial charge in [0.2, 0.25) is 0 Å². The van der Waals surface area contributed by atoms with E-state index in [-0.39, 0.29) is 0 Å².